The molecular weight excluding hydrogens is 314 g/mol. The second kappa shape index (κ2) is 9.11. The van der Waals surface area contributed by atoms with Crippen LogP contribution in [0.2, 0.25) is 0 Å². The summed E-state index contributed by atoms with van der Waals surface area (Å²) in [6.45, 7) is 9.09. The molecule has 1 atom stereocenters. The summed E-state index contributed by atoms with van der Waals surface area (Å²) in [5, 5.41) is 6.43. The van der Waals surface area contributed by atoms with Crippen LogP contribution >= 0.6 is 0 Å². The van der Waals surface area contributed by atoms with Gasteiger partial charge in [-0.1, -0.05) is 30.3 Å². The monoisotopic (exact) mass is 345 g/mol. The molecule has 0 spiro atoms. The van der Waals surface area contributed by atoms with Crippen molar-refractivity contribution in [1.29, 1.82) is 0 Å². The van der Waals surface area contributed by atoms with E-state index >= 15 is 0 Å². The Morgan fingerprint density at radius 3 is 2.64 bits per heavy atom. The fourth-order valence-electron chi connectivity index (χ4n) is 3.48. The molecule has 5 heteroatoms. The van der Waals surface area contributed by atoms with E-state index in [-0.39, 0.29) is 11.7 Å². The number of hydrogen-bond acceptors (Lipinski definition) is 4. The van der Waals surface area contributed by atoms with Gasteiger partial charge in [-0.25, -0.2) is 0 Å². The minimum atomic E-state index is -0.469. The van der Waals surface area contributed by atoms with Gasteiger partial charge in [0.15, 0.2) is 0 Å². The first-order valence-electron chi connectivity index (χ1n) is 9.14. The number of carbonyl (C=O) groups is 2. The van der Waals surface area contributed by atoms with Crippen molar-refractivity contribution in [1.82, 2.24) is 15.5 Å². The Balaban J connectivity index is 1.64. The maximum atomic E-state index is 12.0. The van der Waals surface area contributed by atoms with Gasteiger partial charge in [0.1, 0.15) is 5.78 Å². The van der Waals surface area contributed by atoms with E-state index in [1.807, 2.05) is 19.9 Å². The molecule has 1 saturated heterocycles. The van der Waals surface area contributed by atoms with Gasteiger partial charge in [-0.3, -0.25) is 14.5 Å². The second-order valence-corrected chi connectivity index (χ2v) is 7.72. The van der Waals surface area contributed by atoms with Crippen LogP contribution in [0.15, 0.2) is 30.3 Å². The Morgan fingerprint density at radius 1 is 1.24 bits per heavy atom. The minimum Gasteiger partial charge on any atom is -0.351 e. The van der Waals surface area contributed by atoms with Crippen molar-refractivity contribution in [3.8, 4) is 0 Å². The topological polar surface area (TPSA) is 61.4 Å². The molecule has 1 amide bonds. The van der Waals surface area contributed by atoms with E-state index in [9.17, 15) is 9.59 Å². The average Bonchev–Trinajstić information content (AvgIpc) is 2.93. The third-order valence-corrected chi connectivity index (χ3v) is 4.48. The summed E-state index contributed by atoms with van der Waals surface area (Å²) in [5.41, 5.74) is 0.873. The molecule has 1 aromatic rings. The highest BCUT2D eigenvalue weighted by Gasteiger charge is 2.24. The Labute approximate surface area is 151 Å². The number of Topliss-reactive ketones (excluding diaryl/α,β-unsaturated/α-hetero) is 1. The van der Waals surface area contributed by atoms with Crippen LogP contribution in [0.25, 0.3) is 0 Å². The fourth-order valence-corrected chi connectivity index (χ4v) is 3.48. The number of ketones is 1. The standard InChI is InChI=1S/C20H31N3O2/c1-16(24)13-20(2,3)22-19(25)9-11-21-18-10-12-23(15-18)14-17-7-5-4-6-8-17/h4-8,18,21H,9-15H2,1-3H3,(H,22,25)/t18-/m0/s1. The smallest absolute Gasteiger partial charge is 0.221 e. The van der Waals surface area contributed by atoms with Gasteiger partial charge in [-0.15, -0.1) is 0 Å². The molecule has 1 heterocycles. The summed E-state index contributed by atoms with van der Waals surface area (Å²) >= 11 is 0. The van der Waals surface area contributed by atoms with Crippen molar-refractivity contribution < 1.29 is 9.59 Å². The number of carbonyl (C=O) groups excluding carboxylic acids is 2. The Morgan fingerprint density at radius 2 is 1.96 bits per heavy atom. The van der Waals surface area contributed by atoms with Gasteiger partial charge >= 0.3 is 0 Å². The van der Waals surface area contributed by atoms with Crippen LogP contribution in [0.1, 0.15) is 45.6 Å². The van der Waals surface area contributed by atoms with Crippen molar-refractivity contribution >= 4 is 11.7 Å². The predicted octanol–water partition coefficient (Wildman–Crippen LogP) is 2.11. The lowest BCUT2D eigenvalue weighted by atomic mass is 9.98. The largest absolute Gasteiger partial charge is 0.351 e. The quantitative estimate of drug-likeness (QED) is 0.720. The molecule has 138 valence electrons. The third-order valence-electron chi connectivity index (χ3n) is 4.48. The molecule has 2 N–H and O–H groups in total. The first-order valence-corrected chi connectivity index (χ1v) is 9.14. The van der Waals surface area contributed by atoms with Crippen LogP contribution in [-0.2, 0) is 16.1 Å². The molecular formula is C20H31N3O2. The second-order valence-electron chi connectivity index (χ2n) is 7.72. The lowest BCUT2D eigenvalue weighted by Crippen LogP contribution is -2.45. The maximum Gasteiger partial charge on any atom is 0.221 e. The number of likely N-dealkylation sites (tertiary alicyclic amines) is 1. The number of nitrogens with one attached hydrogen (secondary N) is 2. The van der Waals surface area contributed by atoms with Gasteiger partial charge in [0.25, 0.3) is 0 Å². The van der Waals surface area contributed by atoms with Crippen LogP contribution in [0, 0.1) is 0 Å². The zero-order chi connectivity index (χ0) is 18.3. The first kappa shape index (κ1) is 19.6. The lowest BCUT2D eigenvalue weighted by molar-refractivity contribution is -0.123. The van der Waals surface area contributed by atoms with Crippen LogP contribution < -0.4 is 10.6 Å². The molecule has 0 radical (unpaired) electrons. The Bertz CT molecular complexity index is 572. The van der Waals surface area contributed by atoms with E-state index in [2.05, 4.69) is 39.8 Å². The van der Waals surface area contributed by atoms with Crippen LogP contribution in [0.5, 0.6) is 0 Å². The third kappa shape index (κ3) is 7.36. The molecule has 25 heavy (non-hydrogen) atoms. The van der Waals surface area contributed by atoms with Gasteiger partial charge < -0.3 is 10.6 Å². The number of amides is 1. The van der Waals surface area contributed by atoms with Gasteiger partial charge in [0, 0.05) is 50.6 Å². The highest BCUT2D eigenvalue weighted by molar-refractivity contribution is 5.80. The zero-order valence-electron chi connectivity index (χ0n) is 15.7. The lowest BCUT2D eigenvalue weighted by Gasteiger charge is -2.25. The number of nitrogens with zero attached hydrogens (tertiary/aromatic N) is 1. The number of benzene rings is 1. The van der Waals surface area contributed by atoms with Crippen LogP contribution in [0.3, 0.4) is 0 Å². The highest BCUT2D eigenvalue weighted by atomic mass is 16.2. The predicted molar refractivity (Wildman–Crippen MR) is 100 cm³/mol. The summed E-state index contributed by atoms with van der Waals surface area (Å²) in [7, 11) is 0. The molecule has 1 fully saturated rings. The van der Waals surface area contributed by atoms with E-state index < -0.39 is 5.54 Å². The van der Waals surface area contributed by atoms with E-state index in [0.29, 0.717) is 25.4 Å². The molecule has 1 aliphatic rings. The van der Waals surface area contributed by atoms with E-state index in [4.69, 9.17) is 0 Å². The van der Waals surface area contributed by atoms with Crippen LogP contribution in [-0.4, -0.2) is 47.8 Å². The molecule has 1 aromatic carbocycles. The molecule has 0 aromatic heterocycles. The number of rotatable bonds is 9. The summed E-state index contributed by atoms with van der Waals surface area (Å²) < 4.78 is 0. The first-order chi connectivity index (χ1) is 11.8. The molecule has 0 aliphatic carbocycles. The van der Waals surface area contributed by atoms with Crippen molar-refractivity contribution in [2.45, 2.75) is 58.2 Å². The van der Waals surface area contributed by atoms with Gasteiger partial charge in [0.05, 0.1) is 0 Å². The van der Waals surface area contributed by atoms with Crippen molar-refractivity contribution in [3.63, 3.8) is 0 Å². The number of hydrogen-bond donors (Lipinski definition) is 2. The molecule has 0 bridgehead atoms. The van der Waals surface area contributed by atoms with Gasteiger partial charge in [0.2, 0.25) is 5.91 Å². The fraction of sp³-hybridized carbons (Fsp3) is 0.600. The van der Waals surface area contributed by atoms with Gasteiger partial charge in [-0.05, 0) is 32.8 Å². The zero-order valence-corrected chi connectivity index (χ0v) is 15.7. The van der Waals surface area contributed by atoms with Gasteiger partial charge in [-0.2, -0.15) is 0 Å². The van der Waals surface area contributed by atoms with E-state index in [0.717, 1.165) is 26.1 Å². The average molecular weight is 345 g/mol. The molecule has 1 aliphatic heterocycles. The normalized spacial score (nSPS) is 18.3. The molecule has 5 nitrogen and oxygen atoms in total. The van der Waals surface area contributed by atoms with Crippen molar-refractivity contribution in [2.24, 2.45) is 0 Å². The summed E-state index contributed by atoms with van der Waals surface area (Å²) in [6.07, 6.45) is 1.92. The highest BCUT2D eigenvalue weighted by Crippen LogP contribution is 2.13. The van der Waals surface area contributed by atoms with Crippen LogP contribution in [0.4, 0.5) is 0 Å². The summed E-state index contributed by atoms with van der Waals surface area (Å²) in [6, 6.07) is 11.0. The van der Waals surface area contributed by atoms with E-state index in [1.165, 1.54) is 5.56 Å². The molecule has 0 saturated carbocycles. The Kier molecular flexibility index (Phi) is 7.14. The van der Waals surface area contributed by atoms with E-state index in [1.54, 1.807) is 6.92 Å². The molecule has 0 unspecified atom stereocenters. The van der Waals surface area contributed by atoms with Crippen molar-refractivity contribution in [3.05, 3.63) is 35.9 Å². The SMILES string of the molecule is CC(=O)CC(C)(C)NC(=O)CCN[C@H]1CCN(Cc2ccccc2)C1. The molecule has 2 rings (SSSR count). The summed E-state index contributed by atoms with van der Waals surface area (Å²) in [5.74, 6) is 0.0887. The Hall–Kier alpha value is -1.72. The maximum absolute atomic E-state index is 12.0. The van der Waals surface area contributed by atoms with Crippen molar-refractivity contribution in [2.75, 3.05) is 19.6 Å². The minimum absolute atomic E-state index is 0.00195. The summed E-state index contributed by atoms with van der Waals surface area (Å²) in [4.78, 5) is 25.7.